The van der Waals surface area contributed by atoms with Gasteiger partial charge in [0.2, 0.25) is 0 Å². The van der Waals surface area contributed by atoms with Crippen LogP contribution in [-0.2, 0) is 20.9 Å². The Morgan fingerprint density at radius 1 is 1.10 bits per heavy atom. The summed E-state index contributed by atoms with van der Waals surface area (Å²) in [7, 11) is 0. The van der Waals surface area contributed by atoms with Crippen LogP contribution in [0.2, 0.25) is 0 Å². The first-order chi connectivity index (χ1) is 14.1. The molecule has 2 saturated heterocycles. The largest absolute Gasteiger partial charge is 0.445 e. The van der Waals surface area contributed by atoms with Crippen molar-refractivity contribution in [3.8, 4) is 0 Å². The third-order valence-corrected chi connectivity index (χ3v) is 5.38. The summed E-state index contributed by atoms with van der Waals surface area (Å²) in [5.41, 5.74) is 0.444. The van der Waals surface area contributed by atoms with E-state index in [2.05, 4.69) is 0 Å². The number of morpholine rings is 1. The maximum Gasteiger partial charge on any atom is 0.410 e. The summed E-state index contributed by atoms with van der Waals surface area (Å²) < 4.78 is 24.6. The molecule has 0 aliphatic carbocycles. The van der Waals surface area contributed by atoms with Crippen LogP contribution in [0.1, 0.15) is 18.4 Å². The second-order valence-corrected chi connectivity index (χ2v) is 7.34. The van der Waals surface area contributed by atoms with Crippen LogP contribution >= 0.6 is 0 Å². The molecule has 1 atom stereocenters. The molecule has 7 heteroatoms. The highest BCUT2D eigenvalue weighted by atomic mass is 19.1. The maximum absolute atomic E-state index is 13.3. The summed E-state index contributed by atoms with van der Waals surface area (Å²) in [6.07, 6.45) is 0.721. The molecule has 29 heavy (non-hydrogen) atoms. The number of piperidine rings is 1. The van der Waals surface area contributed by atoms with Crippen LogP contribution in [-0.4, -0.2) is 48.7 Å². The van der Waals surface area contributed by atoms with Gasteiger partial charge >= 0.3 is 6.09 Å². The summed E-state index contributed by atoms with van der Waals surface area (Å²) >= 11 is 0. The van der Waals surface area contributed by atoms with E-state index in [1.165, 1.54) is 12.1 Å². The fourth-order valence-corrected chi connectivity index (χ4v) is 3.89. The summed E-state index contributed by atoms with van der Waals surface area (Å²) in [6.45, 7) is 1.60. The van der Waals surface area contributed by atoms with Gasteiger partial charge in [-0.05, 0) is 42.7 Å². The Balaban J connectivity index is 1.45. The molecule has 152 valence electrons. The van der Waals surface area contributed by atoms with Gasteiger partial charge in [-0.1, -0.05) is 30.3 Å². The topological polar surface area (TPSA) is 59.1 Å². The van der Waals surface area contributed by atoms with Crippen molar-refractivity contribution in [1.29, 1.82) is 0 Å². The Hall–Kier alpha value is -2.93. The number of amides is 2. The minimum atomic E-state index is -1.09. The smallest absolute Gasteiger partial charge is 0.410 e. The highest BCUT2D eigenvalue weighted by Gasteiger charge is 2.49. The lowest BCUT2D eigenvalue weighted by molar-refractivity contribution is -0.157. The van der Waals surface area contributed by atoms with Gasteiger partial charge in [-0.25, -0.2) is 9.18 Å². The van der Waals surface area contributed by atoms with Crippen LogP contribution in [0, 0.1) is 5.82 Å². The fourth-order valence-electron chi connectivity index (χ4n) is 3.89. The number of hydrogen-bond acceptors (Lipinski definition) is 4. The molecule has 2 amide bonds. The van der Waals surface area contributed by atoms with Gasteiger partial charge in [0.05, 0.1) is 13.2 Å². The first-order valence-electron chi connectivity index (χ1n) is 9.75. The van der Waals surface area contributed by atoms with E-state index < -0.39 is 11.7 Å². The van der Waals surface area contributed by atoms with Crippen LogP contribution in [0.15, 0.2) is 54.6 Å². The van der Waals surface area contributed by atoms with Crippen LogP contribution in [0.3, 0.4) is 0 Å². The highest BCUT2D eigenvalue weighted by Crippen LogP contribution is 2.33. The number of halogens is 1. The molecular weight excluding hydrogens is 375 g/mol. The van der Waals surface area contributed by atoms with Crippen LogP contribution in [0.4, 0.5) is 14.9 Å². The van der Waals surface area contributed by atoms with Gasteiger partial charge in [0.25, 0.3) is 5.91 Å². The zero-order valence-corrected chi connectivity index (χ0v) is 16.1. The van der Waals surface area contributed by atoms with E-state index in [0.717, 1.165) is 5.56 Å². The quantitative estimate of drug-likeness (QED) is 0.796. The number of ether oxygens (including phenoxy) is 2. The van der Waals surface area contributed by atoms with E-state index in [1.54, 1.807) is 21.9 Å². The van der Waals surface area contributed by atoms with Crippen LogP contribution in [0.5, 0.6) is 0 Å². The molecular formula is C22H23FN2O4. The molecule has 2 aliphatic rings. The molecule has 0 aromatic heterocycles. The van der Waals surface area contributed by atoms with Crippen molar-refractivity contribution in [3.05, 3.63) is 66.0 Å². The molecule has 0 radical (unpaired) electrons. The molecule has 0 bridgehead atoms. The molecule has 2 heterocycles. The minimum Gasteiger partial charge on any atom is -0.445 e. The van der Waals surface area contributed by atoms with Gasteiger partial charge in [0.15, 0.2) is 5.60 Å². The molecule has 1 unspecified atom stereocenters. The van der Waals surface area contributed by atoms with E-state index in [9.17, 15) is 14.0 Å². The number of rotatable bonds is 3. The van der Waals surface area contributed by atoms with Gasteiger partial charge in [0, 0.05) is 18.8 Å². The molecule has 2 aliphatic heterocycles. The maximum atomic E-state index is 13.3. The molecule has 0 N–H and O–H groups in total. The molecule has 6 nitrogen and oxygen atoms in total. The summed E-state index contributed by atoms with van der Waals surface area (Å²) in [5, 5.41) is 0. The second kappa shape index (κ2) is 8.21. The lowest BCUT2D eigenvalue weighted by atomic mass is 9.89. The lowest BCUT2D eigenvalue weighted by Crippen LogP contribution is -2.64. The third-order valence-electron chi connectivity index (χ3n) is 5.38. The molecule has 2 aromatic rings. The first-order valence-corrected chi connectivity index (χ1v) is 9.75. The SMILES string of the molecule is O=C(OCc1ccccc1)N1CCCC2(C1)OCCN(c1ccc(F)cc1)C2=O. The third kappa shape index (κ3) is 4.10. The summed E-state index contributed by atoms with van der Waals surface area (Å²) in [4.78, 5) is 29.0. The predicted octanol–water partition coefficient (Wildman–Crippen LogP) is 3.36. The van der Waals surface area contributed by atoms with Crippen molar-refractivity contribution >= 4 is 17.7 Å². The Kier molecular flexibility index (Phi) is 5.49. The number of nitrogens with zero attached hydrogens (tertiary/aromatic N) is 2. The van der Waals surface area contributed by atoms with E-state index in [0.29, 0.717) is 38.2 Å². The Labute approximate surface area is 168 Å². The highest BCUT2D eigenvalue weighted by molar-refractivity contribution is 6.00. The number of carbonyl (C=O) groups excluding carboxylic acids is 2. The zero-order valence-electron chi connectivity index (χ0n) is 16.1. The average Bonchev–Trinajstić information content (AvgIpc) is 2.76. The minimum absolute atomic E-state index is 0.150. The van der Waals surface area contributed by atoms with Crippen molar-refractivity contribution < 1.29 is 23.5 Å². The van der Waals surface area contributed by atoms with Crippen molar-refractivity contribution in [2.75, 3.05) is 31.1 Å². The lowest BCUT2D eigenvalue weighted by Gasteiger charge is -2.46. The number of likely N-dealkylation sites (tertiary alicyclic amines) is 1. The average molecular weight is 398 g/mol. The second-order valence-electron chi connectivity index (χ2n) is 7.34. The van der Waals surface area contributed by atoms with Crippen molar-refractivity contribution in [1.82, 2.24) is 4.90 Å². The van der Waals surface area contributed by atoms with Gasteiger partial charge in [-0.2, -0.15) is 0 Å². The Bertz CT molecular complexity index is 870. The number of anilines is 1. The van der Waals surface area contributed by atoms with E-state index in [1.807, 2.05) is 30.3 Å². The van der Waals surface area contributed by atoms with Gasteiger partial charge in [-0.3, -0.25) is 4.79 Å². The van der Waals surface area contributed by atoms with Gasteiger partial charge < -0.3 is 19.3 Å². The van der Waals surface area contributed by atoms with Gasteiger partial charge in [0.1, 0.15) is 12.4 Å². The van der Waals surface area contributed by atoms with Crippen molar-refractivity contribution in [3.63, 3.8) is 0 Å². The predicted molar refractivity (Wildman–Crippen MR) is 105 cm³/mol. The monoisotopic (exact) mass is 398 g/mol. The summed E-state index contributed by atoms with van der Waals surface area (Å²) in [5.74, 6) is -0.551. The van der Waals surface area contributed by atoms with E-state index in [-0.39, 0.29) is 24.9 Å². The number of benzene rings is 2. The Morgan fingerprint density at radius 2 is 1.86 bits per heavy atom. The van der Waals surface area contributed by atoms with Crippen LogP contribution < -0.4 is 4.90 Å². The standard InChI is InChI=1S/C22H23FN2O4/c23-18-7-9-19(10-8-18)25-13-14-29-22(20(25)26)11-4-12-24(16-22)21(27)28-15-17-5-2-1-3-6-17/h1-3,5-10H,4,11-16H2. The number of carbonyl (C=O) groups is 2. The van der Waals surface area contributed by atoms with Crippen molar-refractivity contribution in [2.45, 2.75) is 25.0 Å². The zero-order chi connectivity index (χ0) is 20.3. The number of hydrogen-bond donors (Lipinski definition) is 0. The fraction of sp³-hybridized carbons (Fsp3) is 0.364. The van der Waals surface area contributed by atoms with Crippen LogP contribution in [0.25, 0.3) is 0 Å². The summed E-state index contributed by atoms with van der Waals surface area (Å²) in [6, 6.07) is 15.3. The van der Waals surface area contributed by atoms with Gasteiger partial charge in [-0.15, -0.1) is 0 Å². The molecule has 1 spiro atoms. The molecule has 4 rings (SSSR count). The molecule has 0 saturated carbocycles. The van der Waals surface area contributed by atoms with Crippen molar-refractivity contribution in [2.24, 2.45) is 0 Å². The van der Waals surface area contributed by atoms with E-state index in [4.69, 9.17) is 9.47 Å². The van der Waals surface area contributed by atoms with E-state index >= 15 is 0 Å². The Morgan fingerprint density at radius 3 is 2.62 bits per heavy atom. The first kappa shape index (κ1) is 19.4. The normalized spacial score (nSPS) is 22.0. The molecule has 2 fully saturated rings. The molecule has 2 aromatic carbocycles.